The second kappa shape index (κ2) is 6.75. The van der Waals surface area contributed by atoms with Crippen LogP contribution in [0.2, 0.25) is 0 Å². The van der Waals surface area contributed by atoms with Crippen molar-refractivity contribution in [2.75, 3.05) is 13.7 Å². The number of benzene rings is 2. The minimum absolute atomic E-state index is 0.257. The molecule has 2 aromatic carbocycles. The number of halogens is 1. The Morgan fingerprint density at radius 3 is 2.61 bits per heavy atom. The molecule has 0 aliphatic carbocycles. The summed E-state index contributed by atoms with van der Waals surface area (Å²) in [7, 11) is 1.67. The van der Waals surface area contributed by atoms with E-state index < -0.39 is 0 Å². The first-order chi connectivity index (χ1) is 11.2. The van der Waals surface area contributed by atoms with Crippen molar-refractivity contribution >= 4 is 0 Å². The van der Waals surface area contributed by atoms with E-state index in [4.69, 9.17) is 4.74 Å². The summed E-state index contributed by atoms with van der Waals surface area (Å²) in [5.74, 6) is -0.257. The van der Waals surface area contributed by atoms with E-state index in [2.05, 4.69) is 10.2 Å². The molecule has 23 heavy (non-hydrogen) atoms. The highest BCUT2D eigenvalue weighted by Gasteiger charge is 2.19. The average Bonchev–Trinajstić information content (AvgIpc) is 2.97. The fourth-order valence-electron chi connectivity index (χ4n) is 2.69. The average molecular weight is 310 g/mol. The third kappa shape index (κ3) is 3.17. The van der Waals surface area contributed by atoms with Crippen molar-refractivity contribution in [3.05, 3.63) is 65.6 Å². The number of aromatic nitrogens is 2. The van der Waals surface area contributed by atoms with Crippen LogP contribution in [0.15, 0.2) is 48.5 Å². The number of nitrogens with one attached hydrogen (secondary N) is 1. The van der Waals surface area contributed by atoms with Crippen LogP contribution in [0.25, 0.3) is 22.4 Å². The molecule has 0 aliphatic rings. The number of aryl methyl sites for hydroxylation is 1. The Morgan fingerprint density at radius 1 is 1.13 bits per heavy atom. The Labute approximate surface area is 135 Å². The van der Waals surface area contributed by atoms with Gasteiger partial charge in [0.2, 0.25) is 0 Å². The van der Waals surface area contributed by atoms with Crippen molar-refractivity contribution in [1.29, 1.82) is 0 Å². The third-order valence-corrected chi connectivity index (χ3v) is 3.84. The molecule has 3 nitrogen and oxygen atoms in total. The number of nitrogens with zero attached hydrogens (tertiary/aromatic N) is 1. The van der Waals surface area contributed by atoms with E-state index in [1.807, 2.05) is 43.3 Å². The summed E-state index contributed by atoms with van der Waals surface area (Å²) < 4.78 is 19.6. The molecule has 1 heterocycles. The van der Waals surface area contributed by atoms with E-state index in [1.54, 1.807) is 13.2 Å². The Balaban J connectivity index is 2.15. The number of aromatic amines is 1. The fourth-order valence-corrected chi connectivity index (χ4v) is 2.69. The molecular weight excluding hydrogens is 291 g/mol. The SMILES string of the molecule is COCCc1[nH]nc(-c2ccc(C)cc2F)c1-c1ccccc1. The molecule has 0 bridgehead atoms. The normalized spacial score (nSPS) is 10.9. The first-order valence-electron chi connectivity index (χ1n) is 7.59. The van der Waals surface area contributed by atoms with Gasteiger partial charge in [-0.05, 0) is 30.2 Å². The maximum Gasteiger partial charge on any atom is 0.132 e. The van der Waals surface area contributed by atoms with Crippen molar-refractivity contribution in [2.45, 2.75) is 13.3 Å². The number of hydrogen-bond donors (Lipinski definition) is 1. The van der Waals surface area contributed by atoms with Crippen molar-refractivity contribution in [3.8, 4) is 22.4 Å². The molecule has 0 saturated carbocycles. The number of methoxy groups -OCH3 is 1. The maximum atomic E-state index is 14.4. The molecular formula is C19H19FN2O. The Kier molecular flexibility index (Phi) is 4.53. The van der Waals surface area contributed by atoms with Crippen LogP contribution in [-0.2, 0) is 11.2 Å². The zero-order valence-electron chi connectivity index (χ0n) is 13.3. The second-order valence-corrected chi connectivity index (χ2v) is 5.52. The lowest BCUT2D eigenvalue weighted by Crippen LogP contribution is -1.97. The summed E-state index contributed by atoms with van der Waals surface area (Å²) in [5, 5.41) is 7.44. The molecule has 0 radical (unpaired) electrons. The monoisotopic (exact) mass is 310 g/mol. The van der Waals surface area contributed by atoms with Crippen LogP contribution in [0.4, 0.5) is 4.39 Å². The first-order valence-corrected chi connectivity index (χ1v) is 7.59. The molecule has 118 valence electrons. The molecule has 1 N–H and O–H groups in total. The van der Waals surface area contributed by atoms with E-state index in [-0.39, 0.29) is 5.82 Å². The molecule has 0 amide bonds. The summed E-state index contributed by atoms with van der Waals surface area (Å²) in [6.07, 6.45) is 0.696. The van der Waals surface area contributed by atoms with Gasteiger partial charge in [-0.15, -0.1) is 0 Å². The summed E-state index contributed by atoms with van der Waals surface area (Å²) >= 11 is 0. The van der Waals surface area contributed by atoms with Crippen LogP contribution in [0, 0.1) is 12.7 Å². The Bertz CT molecular complexity index is 796. The minimum atomic E-state index is -0.257. The second-order valence-electron chi connectivity index (χ2n) is 5.52. The first kappa shape index (κ1) is 15.4. The summed E-state index contributed by atoms with van der Waals surface area (Å²) in [6, 6.07) is 15.1. The quantitative estimate of drug-likeness (QED) is 0.759. The topological polar surface area (TPSA) is 37.9 Å². The predicted molar refractivity (Wildman–Crippen MR) is 89.7 cm³/mol. The maximum absolute atomic E-state index is 14.4. The van der Waals surface area contributed by atoms with Gasteiger partial charge in [0.05, 0.1) is 6.61 Å². The van der Waals surface area contributed by atoms with E-state index in [1.165, 1.54) is 6.07 Å². The largest absolute Gasteiger partial charge is 0.384 e. The molecule has 0 unspecified atom stereocenters. The highest BCUT2D eigenvalue weighted by atomic mass is 19.1. The van der Waals surface area contributed by atoms with E-state index in [9.17, 15) is 4.39 Å². The van der Waals surface area contributed by atoms with Crippen LogP contribution < -0.4 is 0 Å². The highest BCUT2D eigenvalue weighted by Crippen LogP contribution is 2.34. The summed E-state index contributed by atoms with van der Waals surface area (Å²) in [5.41, 5.74) is 4.94. The summed E-state index contributed by atoms with van der Waals surface area (Å²) in [4.78, 5) is 0. The van der Waals surface area contributed by atoms with Gasteiger partial charge in [-0.25, -0.2) is 4.39 Å². The zero-order chi connectivity index (χ0) is 16.2. The lowest BCUT2D eigenvalue weighted by Gasteiger charge is -2.08. The van der Waals surface area contributed by atoms with Gasteiger partial charge in [-0.3, -0.25) is 5.10 Å². The lowest BCUT2D eigenvalue weighted by molar-refractivity contribution is 0.201. The minimum Gasteiger partial charge on any atom is -0.384 e. The molecule has 0 aliphatic heterocycles. The standard InChI is InChI=1S/C19H19FN2O/c1-13-8-9-15(16(20)12-13)19-18(14-6-4-3-5-7-14)17(21-22-19)10-11-23-2/h3-9,12H,10-11H2,1-2H3,(H,21,22). The van der Waals surface area contributed by atoms with Gasteiger partial charge < -0.3 is 4.74 Å². The van der Waals surface area contributed by atoms with Crippen molar-refractivity contribution in [1.82, 2.24) is 10.2 Å². The Hall–Kier alpha value is -2.46. The fraction of sp³-hybridized carbons (Fsp3) is 0.211. The van der Waals surface area contributed by atoms with Crippen molar-refractivity contribution in [2.24, 2.45) is 0 Å². The van der Waals surface area contributed by atoms with Crippen LogP contribution in [-0.4, -0.2) is 23.9 Å². The molecule has 1 aromatic heterocycles. The van der Waals surface area contributed by atoms with Gasteiger partial charge >= 0.3 is 0 Å². The number of H-pyrrole nitrogens is 1. The molecule has 0 saturated heterocycles. The number of hydrogen-bond acceptors (Lipinski definition) is 2. The van der Waals surface area contributed by atoms with Gasteiger partial charge in [0, 0.05) is 30.4 Å². The molecule has 3 aromatic rings. The van der Waals surface area contributed by atoms with Crippen LogP contribution in [0.1, 0.15) is 11.3 Å². The molecule has 4 heteroatoms. The predicted octanol–water partition coefficient (Wildman–Crippen LogP) is 4.38. The third-order valence-electron chi connectivity index (χ3n) is 3.84. The van der Waals surface area contributed by atoms with E-state index in [0.29, 0.717) is 24.3 Å². The Morgan fingerprint density at radius 2 is 1.91 bits per heavy atom. The van der Waals surface area contributed by atoms with Crippen LogP contribution in [0.3, 0.4) is 0 Å². The molecule has 0 fully saturated rings. The van der Waals surface area contributed by atoms with Gasteiger partial charge in [-0.2, -0.15) is 5.10 Å². The molecule has 0 atom stereocenters. The van der Waals surface area contributed by atoms with Gasteiger partial charge in [-0.1, -0.05) is 36.4 Å². The summed E-state index contributed by atoms with van der Waals surface area (Å²) in [6.45, 7) is 2.46. The van der Waals surface area contributed by atoms with E-state index >= 15 is 0 Å². The van der Waals surface area contributed by atoms with Crippen molar-refractivity contribution < 1.29 is 9.13 Å². The van der Waals surface area contributed by atoms with Gasteiger partial charge in [0.1, 0.15) is 11.5 Å². The van der Waals surface area contributed by atoms with Gasteiger partial charge in [0.15, 0.2) is 0 Å². The zero-order valence-corrected chi connectivity index (χ0v) is 13.3. The molecule has 0 spiro atoms. The highest BCUT2D eigenvalue weighted by molar-refractivity contribution is 5.82. The van der Waals surface area contributed by atoms with Crippen LogP contribution >= 0.6 is 0 Å². The lowest BCUT2D eigenvalue weighted by atomic mass is 9.97. The smallest absolute Gasteiger partial charge is 0.132 e. The van der Waals surface area contributed by atoms with Crippen LogP contribution in [0.5, 0.6) is 0 Å². The van der Waals surface area contributed by atoms with Gasteiger partial charge in [0.25, 0.3) is 0 Å². The number of ether oxygens (including phenoxy) is 1. The molecule has 3 rings (SSSR count). The van der Waals surface area contributed by atoms with E-state index in [0.717, 1.165) is 22.4 Å². The van der Waals surface area contributed by atoms with Crippen molar-refractivity contribution in [3.63, 3.8) is 0 Å². The number of rotatable bonds is 5.